The molecule has 0 radical (unpaired) electrons. The minimum Gasteiger partial charge on any atom is -0.384 e. The summed E-state index contributed by atoms with van der Waals surface area (Å²) in [6.45, 7) is 9.90. The van der Waals surface area contributed by atoms with Crippen LogP contribution in [0.2, 0.25) is 0 Å². The summed E-state index contributed by atoms with van der Waals surface area (Å²) in [5.74, 6) is 1.92. The average Bonchev–Trinajstić information content (AvgIpc) is 3.80. The van der Waals surface area contributed by atoms with Crippen molar-refractivity contribution in [1.82, 2.24) is 25.3 Å². The van der Waals surface area contributed by atoms with Gasteiger partial charge in [0.2, 0.25) is 11.8 Å². The van der Waals surface area contributed by atoms with Crippen molar-refractivity contribution in [3.05, 3.63) is 65.4 Å². The first kappa shape index (κ1) is 36.3. The Morgan fingerprint density at radius 1 is 1.04 bits per heavy atom. The normalized spacial score (nSPS) is 26.1. The van der Waals surface area contributed by atoms with Crippen LogP contribution in [0.4, 0.5) is 5.69 Å². The maximum atomic E-state index is 14.0. The predicted octanol–water partition coefficient (Wildman–Crippen LogP) is 5.59. The zero-order valence-corrected chi connectivity index (χ0v) is 31.1. The monoisotopic (exact) mass is 709 g/mol. The van der Waals surface area contributed by atoms with Crippen molar-refractivity contribution in [2.45, 2.75) is 70.8 Å². The van der Waals surface area contributed by atoms with Gasteiger partial charge in [-0.3, -0.25) is 24.6 Å². The van der Waals surface area contributed by atoms with Crippen LogP contribution in [0.15, 0.2) is 53.5 Å². The van der Waals surface area contributed by atoms with E-state index in [2.05, 4.69) is 76.0 Å². The number of aromatic nitrogens is 2. The summed E-state index contributed by atoms with van der Waals surface area (Å²) in [7, 11) is 1.64. The number of amidine groups is 1. The number of amides is 2. The molecule has 4 aliphatic heterocycles. The first-order valence-electron chi connectivity index (χ1n) is 19.3. The Morgan fingerprint density at radius 2 is 1.85 bits per heavy atom. The van der Waals surface area contributed by atoms with E-state index >= 15 is 0 Å². The van der Waals surface area contributed by atoms with Gasteiger partial charge >= 0.3 is 0 Å². The first-order chi connectivity index (χ1) is 25.3. The summed E-state index contributed by atoms with van der Waals surface area (Å²) in [6, 6.07) is 15.0. The maximum Gasteiger partial charge on any atom is 0.237 e. The van der Waals surface area contributed by atoms with E-state index in [0.717, 1.165) is 92.0 Å². The van der Waals surface area contributed by atoms with Crippen LogP contribution in [0, 0.1) is 11.3 Å². The third kappa shape index (κ3) is 8.11. The molecule has 1 aromatic heterocycles. The standard InChI is InChI=1S/C41H55N7O4/c1-28-24-42-39(43-29(28)2)33-11-9-30(10-12-33)31-15-18-48(19-16-31)37(49)25-47-20-17-41(26-47,27-51-3)40(50)44-34-13-14-36-35(23-34)38(46-45-36)32-7-4-5-21-52-22-6-8-32/h9-15,23,28-29,32H,4-8,16-22,24-27H2,1-3H3,(H,42,43)(H,44,50)(H,45,46). The van der Waals surface area contributed by atoms with Crippen molar-refractivity contribution < 1.29 is 19.1 Å². The van der Waals surface area contributed by atoms with Crippen molar-refractivity contribution >= 4 is 39.8 Å². The second-order valence-electron chi connectivity index (χ2n) is 15.4. The summed E-state index contributed by atoms with van der Waals surface area (Å²) in [6.07, 6.45) is 8.99. The molecule has 4 unspecified atom stereocenters. The van der Waals surface area contributed by atoms with Gasteiger partial charge in [0.1, 0.15) is 5.84 Å². The number of ether oxygens (including phenoxy) is 2. The lowest BCUT2D eigenvalue weighted by Crippen LogP contribution is -2.45. The fourth-order valence-corrected chi connectivity index (χ4v) is 8.25. The number of anilines is 1. The molecule has 4 aliphatic rings. The lowest BCUT2D eigenvalue weighted by molar-refractivity contribution is -0.133. The number of aromatic amines is 1. The highest BCUT2D eigenvalue weighted by atomic mass is 16.5. The van der Waals surface area contributed by atoms with Crippen molar-refractivity contribution in [1.29, 1.82) is 0 Å². The third-order valence-corrected chi connectivity index (χ3v) is 11.7. The zero-order valence-electron chi connectivity index (χ0n) is 31.1. The van der Waals surface area contributed by atoms with Gasteiger partial charge in [0.15, 0.2) is 0 Å². The number of carbonyl (C=O) groups excluding carboxylic acids is 2. The van der Waals surface area contributed by atoms with Crippen LogP contribution in [-0.4, -0.2) is 110 Å². The number of hydrogen-bond acceptors (Lipinski definition) is 8. The lowest BCUT2D eigenvalue weighted by Gasteiger charge is -2.30. The van der Waals surface area contributed by atoms with Crippen molar-refractivity contribution in [2.75, 3.05) is 71.5 Å². The number of aliphatic imine (C=N–C) groups is 1. The predicted molar refractivity (Wildman–Crippen MR) is 206 cm³/mol. The number of H-pyrrole nitrogens is 1. The number of rotatable bonds is 9. The molecule has 0 bridgehead atoms. The van der Waals surface area contributed by atoms with Crippen LogP contribution >= 0.6 is 0 Å². The average molecular weight is 710 g/mol. The van der Waals surface area contributed by atoms with E-state index in [1.165, 1.54) is 11.1 Å². The molecule has 52 heavy (non-hydrogen) atoms. The molecule has 278 valence electrons. The summed E-state index contributed by atoms with van der Waals surface area (Å²) in [5, 5.41) is 15.7. The Labute approximate surface area is 307 Å². The molecule has 5 heterocycles. The molecule has 7 rings (SSSR count). The number of nitrogens with one attached hydrogen (secondary N) is 3. The molecule has 0 saturated carbocycles. The number of hydrogen-bond donors (Lipinski definition) is 3. The second-order valence-corrected chi connectivity index (χ2v) is 15.4. The highest BCUT2D eigenvalue weighted by Crippen LogP contribution is 2.36. The van der Waals surface area contributed by atoms with E-state index in [0.29, 0.717) is 63.6 Å². The van der Waals surface area contributed by atoms with E-state index in [4.69, 9.17) is 14.5 Å². The minimum atomic E-state index is -0.739. The summed E-state index contributed by atoms with van der Waals surface area (Å²) < 4.78 is 11.4. The molecule has 0 spiro atoms. The SMILES string of the molecule is COCC1(C(=O)Nc2ccc3n[nH]c(C4CCCCOCCC4)c3c2)CCN(CC(=O)N2CC=C(c3ccc(C4=NCC(C)C(C)N4)cc3)CC2)C1. The molecular formula is C41H55N7O4. The van der Waals surface area contributed by atoms with E-state index in [1.807, 2.05) is 17.0 Å². The number of methoxy groups -OCH3 is 1. The molecule has 2 aromatic carbocycles. The summed E-state index contributed by atoms with van der Waals surface area (Å²) in [4.78, 5) is 36.3. The molecule has 11 nitrogen and oxygen atoms in total. The summed E-state index contributed by atoms with van der Waals surface area (Å²) in [5.41, 5.74) is 5.64. The molecule has 11 heteroatoms. The van der Waals surface area contributed by atoms with Gasteiger partial charge in [0.05, 0.1) is 24.1 Å². The van der Waals surface area contributed by atoms with Gasteiger partial charge < -0.3 is 25.0 Å². The second kappa shape index (κ2) is 16.3. The van der Waals surface area contributed by atoms with E-state index in [1.54, 1.807) is 7.11 Å². The number of nitrogens with zero attached hydrogens (tertiary/aromatic N) is 4. The fourth-order valence-electron chi connectivity index (χ4n) is 8.25. The Balaban J connectivity index is 0.949. The highest BCUT2D eigenvalue weighted by Gasteiger charge is 2.45. The molecule has 3 N–H and O–H groups in total. The van der Waals surface area contributed by atoms with Gasteiger partial charge in [-0.15, -0.1) is 0 Å². The van der Waals surface area contributed by atoms with Gasteiger partial charge in [-0.25, -0.2) is 0 Å². The van der Waals surface area contributed by atoms with Crippen molar-refractivity contribution in [3.8, 4) is 0 Å². The number of likely N-dealkylation sites (tertiary alicyclic amines) is 1. The van der Waals surface area contributed by atoms with Crippen LogP contribution in [0.1, 0.15) is 81.5 Å². The van der Waals surface area contributed by atoms with Crippen LogP contribution in [0.3, 0.4) is 0 Å². The molecule has 4 atom stereocenters. The van der Waals surface area contributed by atoms with Gasteiger partial charge in [0, 0.05) is 80.8 Å². The number of carbonyl (C=O) groups is 2. The van der Waals surface area contributed by atoms with Gasteiger partial charge in [-0.2, -0.15) is 5.10 Å². The Hall–Kier alpha value is -4.06. The summed E-state index contributed by atoms with van der Waals surface area (Å²) >= 11 is 0. The molecule has 0 aliphatic carbocycles. The Kier molecular flexibility index (Phi) is 11.4. The number of fused-ring (bicyclic) bond motifs is 1. The smallest absolute Gasteiger partial charge is 0.237 e. The number of benzene rings is 2. The molecule has 2 amide bonds. The molecule has 3 aromatic rings. The largest absolute Gasteiger partial charge is 0.384 e. The van der Waals surface area contributed by atoms with Crippen molar-refractivity contribution in [3.63, 3.8) is 0 Å². The van der Waals surface area contributed by atoms with E-state index in [-0.39, 0.29) is 11.8 Å². The van der Waals surface area contributed by atoms with Gasteiger partial charge in [-0.1, -0.05) is 43.7 Å². The molecular weight excluding hydrogens is 654 g/mol. The van der Waals surface area contributed by atoms with E-state index < -0.39 is 5.41 Å². The zero-order chi connectivity index (χ0) is 36.1. The van der Waals surface area contributed by atoms with Crippen LogP contribution < -0.4 is 10.6 Å². The molecule has 2 saturated heterocycles. The van der Waals surface area contributed by atoms with Gasteiger partial charge in [0.25, 0.3) is 0 Å². The minimum absolute atomic E-state index is 0.0692. The van der Waals surface area contributed by atoms with Crippen molar-refractivity contribution in [2.24, 2.45) is 16.3 Å². The Morgan fingerprint density at radius 3 is 2.63 bits per heavy atom. The van der Waals surface area contributed by atoms with Crippen LogP contribution in [-0.2, 0) is 19.1 Å². The first-order valence-corrected chi connectivity index (χ1v) is 19.3. The maximum absolute atomic E-state index is 14.0. The fraction of sp³-hybridized carbons (Fsp3) is 0.561. The van der Waals surface area contributed by atoms with Crippen LogP contribution in [0.5, 0.6) is 0 Å². The van der Waals surface area contributed by atoms with Gasteiger partial charge in [-0.05, 0) is 87.2 Å². The lowest BCUT2D eigenvalue weighted by atomic mass is 9.86. The molecule has 2 fully saturated rings. The third-order valence-electron chi connectivity index (χ3n) is 11.7. The Bertz CT molecular complexity index is 1770. The topological polar surface area (TPSA) is 124 Å². The quantitative estimate of drug-likeness (QED) is 0.265. The van der Waals surface area contributed by atoms with E-state index in [9.17, 15) is 9.59 Å². The van der Waals surface area contributed by atoms with Crippen LogP contribution in [0.25, 0.3) is 16.5 Å². The highest BCUT2D eigenvalue weighted by molar-refractivity contribution is 6.00.